The highest BCUT2D eigenvalue weighted by Gasteiger charge is 2.44. The number of aromatic carboxylic acids is 1. The first-order valence-corrected chi connectivity index (χ1v) is 14.5. The van der Waals surface area contributed by atoms with Crippen LogP contribution < -0.4 is 14.6 Å². The van der Waals surface area contributed by atoms with Crippen molar-refractivity contribution in [1.82, 2.24) is 14.5 Å². The van der Waals surface area contributed by atoms with E-state index in [4.69, 9.17) is 21.1 Å². The number of likely N-dealkylation sites (tertiary alicyclic amines) is 1. The van der Waals surface area contributed by atoms with E-state index in [0.717, 1.165) is 23.7 Å². The fourth-order valence-electron chi connectivity index (χ4n) is 6.16. The number of alkyl halides is 1. The third kappa shape index (κ3) is 4.67. The van der Waals surface area contributed by atoms with Crippen molar-refractivity contribution in [3.05, 3.63) is 77.7 Å². The Hall–Kier alpha value is -4.37. The number of carbonyl (C=O) groups is 3. The number of hydrogen-bond donors (Lipinski definition) is 0. The molecule has 9 nitrogen and oxygen atoms in total. The van der Waals surface area contributed by atoms with Crippen molar-refractivity contribution >= 4 is 40.2 Å². The number of rotatable bonds is 6. The molecule has 4 aromatic rings. The van der Waals surface area contributed by atoms with E-state index in [1.165, 1.54) is 12.3 Å². The summed E-state index contributed by atoms with van der Waals surface area (Å²) in [5.74, 6) is -0.359. The number of pyridine rings is 1. The molecule has 42 heavy (non-hydrogen) atoms. The molecule has 0 atom stereocenters. The number of amides is 1. The van der Waals surface area contributed by atoms with Crippen LogP contribution in [0.1, 0.15) is 69.2 Å². The molecule has 2 aromatic carbocycles. The number of hydrogen-bond acceptors (Lipinski definition) is 7. The zero-order chi connectivity index (χ0) is 29.0. The first kappa shape index (κ1) is 26.5. The number of carbonyl (C=O) groups excluding carboxylic acids is 3. The zero-order valence-corrected chi connectivity index (χ0v) is 23.4. The van der Waals surface area contributed by atoms with E-state index in [2.05, 4.69) is 9.55 Å². The standard InChI is InChI=1S/C32H28ClN3O6/c33-18-41-29-14-20(13-26-24(29)5-8-36(26)23-2-3-23)30(38)35-9-6-32(7-10-35)15-27(37)25-12-19(1-4-28(25)42-32)21-11-22(31(39)40)17-34-16-21/h1,4-5,8,11-14,16-17,23H,2-3,6-7,9-10,15,18H2,(H,39,40)/p-1. The molecule has 0 radical (unpaired) electrons. The van der Waals surface area contributed by atoms with Crippen LogP contribution in [-0.4, -0.2) is 56.9 Å². The van der Waals surface area contributed by atoms with Crippen LogP contribution in [0.15, 0.2) is 61.1 Å². The third-order valence-electron chi connectivity index (χ3n) is 8.56. The van der Waals surface area contributed by atoms with Crippen LogP contribution in [0.4, 0.5) is 0 Å². The van der Waals surface area contributed by atoms with Crippen LogP contribution >= 0.6 is 11.6 Å². The molecule has 0 unspecified atom stereocenters. The van der Waals surface area contributed by atoms with E-state index in [9.17, 15) is 19.5 Å². The van der Waals surface area contributed by atoms with Gasteiger partial charge >= 0.3 is 0 Å². The minimum Gasteiger partial charge on any atom is -0.545 e. The predicted molar refractivity (Wildman–Crippen MR) is 153 cm³/mol. The summed E-state index contributed by atoms with van der Waals surface area (Å²) < 4.78 is 14.3. The summed E-state index contributed by atoms with van der Waals surface area (Å²) in [6, 6.07) is 12.9. The number of ketones is 1. The Balaban J connectivity index is 1.09. The fourth-order valence-corrected chi connectivity index (χ4v) is 6.28. The Bertz CT molecular complexity index is 1750. The van der Waals surface area contributed by atoms with Gasteiger partial charge < -0.3 is 28.8 Å². The maximum atomic E-state index is 13.7. The molecule has 214 valence electrons. The summed E-state index contributed by atoms with van der Waals surface area (Å²) in [4.78, 5) is 44.0. The first-order valence-electron chi connectivity index (χ1n) is 14.0. The molecule has 3 aliphatic rings. The Kier molecular flexibility index (Phi) is 6.42. The van der Waals surface area contributed by atoms with Gasteiger partial charge in [0, 0.05) is 72.6 Å². The number of halogens is 1. The van der Waals surface area contributed by atoms with Crippen LogP contribution in [0.5, 0.6) is 11.5 Å². The average molecular weight is 585 g/mol. The van der Waals surface area contributed by atoms with Crippen molar-refractivity contribution in [2.45, 2.75) is 43.7 Å². The van der Waals surface area contributed by atoms with Crippen LogP contribution in [0.25, 0.3) is 22.0 Å². The molecular formula is C32H27ClN3O6-. The summed E-state index contributed by atoms with van der Waals surface area (Å²) in [5.41, 5.74) is 2.49. The number of Topliss-reactive ketones (excluding diaryl/α,β-unsaturated/α-hetero) is 1. The number of benzene rings is 2. The van der Waals surface area contributed by atoms with Crippen molar-refractivity contribution in [1.29, 1.82) is 0 Å². The highest BCUT2D eigenvalue weighted by atomic mass is 35.5. The van der Waals surface area contributed by atoms with Gasteiger partial charge in [-0.1, -0.05) is 17.7 Å². The summed E-state index contributed by atoms with van der Waals surface area (Å²) in [6.45, 7) is 0.906. The number of ether oxygens (including phenoxy) is 2. The minimum absolute atomic E-state index is 0.00892. The molecule has 10 heteroatoms. The zero-order valence-electron chi connectivity index (χ0n) is 22.7. The van der Waals surface area contributed by atoms with Gasteiger partial charge in [-0.25, -0.2) is 0 Å². The Morgan fingerprint density at radius 3 is 2.60 bits per heavy atom. The molecule has 1 saturated heterocycles. The normalized spacial score (nSPS) is 17.6. The lowest BCUT2D eigenvalue weighted by Crippen LogP contribution is -2.52. The number of nitrogens with zero attached hydrogens (tertiary/aromatic N) is 3. The van der Waals surface area contributed by atoms with E-state index in [1.54, 1.807) is 30.5 Å². The minimum atomic E-state index is -1.31. The largest absolute Gasteiger partial charge is 0.545 e. The quantitative estimate of drug-likeness (QED) is 0.304. The van der Waals surface area contributed by atoms with Gasteiger partial charge in [-0.2, -0.15) is 0 Å². The maximum absolute atomic E-state index is 13.7. The lowest BCUT2D eigenvalue weighted by Gasteiger charge is -2.44. The summed E-state index contributed by atoms with van der Waals surface area (Å²) in [6.07, 6.45) is 8.31. The van der Waals surface area contributed by atoms with E-state index < -0.39 is 11.6 Å². The monoisotopic (exact) mass is 584 g/mol. The fraction of sp³-hybridized carbons (Fsp3) is 0.312. The summed E-state index contributed by atoms with van der Waals surface area (Å²) in [5, 5.41) is 12.2. The second kappa shape index (κ2) is 10.2. The van der Waals surface area contributed by atoms with Crippen LogP contribution in [-0.2, 0) is 0 Å². The van der Waals surface area contributed by atoms with Gasteiger partial charge in [0.15, 0.2) is 11.8 Å². The second-order valence-electron chi connectivity index (χ2n) is 11.3. The number of piperidine rings is 1. The van der Waals surface area contributed by atoms with E-state index in [1.807, 2.05) is 23.2 Å². The van der Waals surface area contributed by atoms with Gasteiger partial charge in [0.25, 0.3) is 5.91 Å². The van der Waals surface area contributed by atoms with E-state index >= 15 is 0 Å². The van der Waals surface area contributed by atoms with E-state index in [-0.39, 0.29) is 29.7 Å². The number of carboxylic acids is 1. The topological polar surface area (TPSA) is 114 Å². The van der Waals surface area contributed by atoms with E-state index in [0.29, 0.717) is 65.7 Å². The molecule has 1 saturated carbocycles. The Morgan fingerprint density at radius 2 is 1.86 bits per heavy atom. The molecular weight excluding hydrogens is 558 g/mol. The van der Waals surface area contributed by atoms with Gasteiger partial charge in [0.05, 0.1) is 23.5 Å². The van der Waals surface area contributed by atoms with Crippen LogP contribution in [0.2, 0.25) is 0 Å². The Morgan fingerprint density at radius 1 is 1.05 bits per heavy atom. The molecule has 0 bridgehead atoms. The second-order valence-corrected chi connectivity index (χ2v) is 11.5. The number of carboxylic acid groups (broad SMARTS) is 1. The van der Waals surface area contributed by atoms with Crippen molar-refractivity contribution < 1.29 is 29.0 Å². The van der Waals surface area contributed by atoms with Gasteiger partial charge in [-0.15, -0.1) is 0 Å². The molecule has 2 aliphatic heterocycles. The van der Waals surface area contributed by atoms with Gasteiger partial charge in [0.2, 0.25) is 0 Å². The van der Waals surface area contributed by atoms with Gasteiger partial charge in [0.1, 0.15) is 17.1 Å². The molecule has 1 spiro atoms. The summed E-state index contributed by atoms with van der Waals surface area (Å²) in [7, 11) is 0. The highest BCUT2D eigenvalue weighted by Crippen LogP contribution is 2.42. The van der Waals surface area contributed by atoms with Crippen molar-refractivity contribution in [3.8, 4) is 22.6 Å². The highest BCUT2D eigenvalue weighted by molar-refractivity contribution is 6.17. The molecule has 0 N–H and O–H groups in total. The Labute approximate surface area is 246 Å². The summed E-state index contributed by atoms with van der Waals surface area (Å²) >= 11 is 5.89. The SMILES string of the molecule is O=C([O-])c1cncc(-c2ccc3c(c2)C(=O)CC2(CCN(C(=O)c4cc(OCCl)c5ccn(C6CC6)c5c4)CC2)O3)c1. The van der Waals surface area contributed by atoms with Crippen LogP contribution in [0, 0.1) is 0 Å². The molecule has 1 aliphatic carbocycles. The predicted octanol–water partition coefficient (Wildman–Crippen LogP) is 4.62. The molecule has 2 fully saturated rings. The van der Waals surface area contributed by atoms with Crippen molar-refractivity contribution in [2.75, 3.05) is 19.2 Å². The number of fused-ring (bicyclic) bond motifs is 2. The van der Waals surface area contributed by atoms with Crippen molar-refractivity contribution in [3.63, 3.8) is 0 Å². The average Bonchev–Trinajstić information content (AvgIpc) is 3.75. The van der Waals surface area contributed by atoms with Gasteiger partial charge in [-0.05, 0) is 54.8 Å². The lowest BCUT2D eigenvalue weighted by atomic mass is 9.82. The van der Waals surface area contributed by atoms with Crippen LogP contribution in [0.3, 0.4) is 0 Å². The molecule has 1 amide bonds. The lowest BCUT2D eigenvalue weighted by molar-refractivity contribution is -0.255. The first-order chi connectivity index (χ1) is 20.3. The smallest absolute Gasteiger partial charge is 0.254 e. The van der Waals surface area contributed by atoms with Crippen molar-refractivity contribution in [2.24, 2.45) is 0 Å². The third-order valence-corrected chi connectivity index (χ3v) is 8.66. The molecule has 2 aromatic heterocycles. The molecule has 7 rings (SSSR count). The maximum Gasteiger partial charge on any atom is 0.254 e. The molecule has 4 heterocycles. The number of aromatic nitrogens is 2. The van der Waals surface area contributed by atoms with Gasteiger partial charge in [-0.3, -0.25) is 14.6 Å².